The van der Waals surface area contributed by atoms with Crippen molar-refractivity contribution >= 4 is 11.9 Å². The molecule has 24 heavy (non-hydrogen) atoms. The third-order valence-electron chi connectivity index (χ3n) is 3.66. The maximum Gasteiger partial charge on any atom is 0.227 e. The highest BCUT2D eigenvalue weighted by Crippen LogP contribution is 2.44. The quantitative estimate of drug-likeness (QED) is 0.918. The maximum absolute atomic E-state index is 13.5. The van der Waals surface area contributed by atoms with Crippen molar-refractivity contribution in [1.82, 2.24) is 0 Å². The van der Waals surface area contributed by atoms with Gasteiger partial charge in [0, 0.05) is 11.1 Å². The molecule has 124 valence electrons. The minimum atomic E-state index is -1.96. The molecular weight excluding hydrogens is 320 g/mol. The summed E-state index contributed by atoms with van der Waals surface area (Å²) in [5.41, 5.74) is -1.51. The van der Waals surface area contributed by atoms with E-state index in [0.717, 1.165) is 12.1 Å². The molecule has 2 aromatic carbocycles. The Morgan fingerprint density at radius 1 is 1.21 bits per heavy atom. The lowest BCUT2D eigenvalue weighted by Crippen LogP contribution is -2.29. The summed E-state index contributed by atoms with van der Waals surface area (Å²) in [6, 6.07) is 11.2. The van der Waals surface area contributed by atoms with Crippen molar-refractivity contribution in [2.45, 2.75) is 18.2 Å². The van der Waals surface area contributed by atoms with Crippen LogP contribution >= 0.6 is 0 Å². The second kappa shape index (κ2) is 6.01. The second-order valence-corrected chi connectivity index (χ2v) is 5.32. The highest BCUT2D eigenvalue weighted by molar-refractivity contribution is 5.93. The van der Waals surface area contributed by atoms with E-state index in [-0.39, 0.29) is 11.5 Å². The van der Waals surface area contributed by atoms with Crippen molar-refractivity contribution in [1.29, 1.82) is 0 Å². The first-order valence-corrected chi connectivity index (χ1v) is 7.08. The summed E-state index contributed by atoms with van der Waals surface area (Å²) in [6.07, 6.45) is -1.86. The van der Waals surface area contributed by atoms with Crippen LogP contribution in [0.1, 0.15) is 23.7 Å². The van der Waals surface area contributed by atoms with Crippen LogP contribution < -0.4 is 5.11 Å². The maximum atomic E-state index is 13.5. The number of rotatable bonds is 4. The number of halogens is 2. The van der Waals surface area contributed by atoms with Gasteiger partial charge in [0.2, 0.25) is 5.72 Å². The predicted octanol–water partition coefficient (Wildman–Crippen LogP) is 1.42. The van der Waals surface area contributed by atoms with E-state index < -0.39 is 35.9 Å². The lowest BCUT2D eigenvalue weighted by molar-refractivity contribution is -0.304. The van der Waals surface area contributed by atoms with E-state index in [1.807, 2.05) is 0 Å². The van der Waals surface area contributed by atoms with E-state index in [9.17, 15) is 23.8 Å². The van der Waals surface area contributed by atoms with Gasteiger partial charge in [0.05, 0.1) is 12.4 Å². The van der Waals surface area contributed by atoms with Crippen molar-refractivity contribution in [2.75, 3.05) is 0 Å². The molecular formula is C17H12F2NO4-. The minimum absolute atomic E-state index is 0.123. The number of carboxylic acid groups (broad SMARTS) is 1. The summed E-state index contributed by atoms with van der Waals surface area (Å²) in [4.78, 5) is 14.7. The topological polar surface area (TPSA) is 82.0 Å². The molecule has 5 nitrogen and oxygen atoms in total. The van der Waals surface area contributed by atoms with Crippen molar-refractivity contribution in [3.63, 3.8) is 0 Å². The summed E-state index contributed by atoms with van der Waals surface area (Å²) in [5, 5.41) is 21.8. The molecule has 0 saturated carbocycles. The molecule has 3 rings (SSSR count). The Morgan fingerprint density at radius 2 is 1.92 bits per heavy atom. The van der Waals surface area contributed by atoms with Crippen LogP contribution in [0.3, 0.4) is 0 Å². The van der Waals surface area contributed by atoms with E-state index in [1.54, 1.807) is 30.3 Å². The molecule has 1 N–H and O–H groups in total. The number of benzene rings is 2. The van der Waals surface area contributed by atoms with Crippen molar-refractivity contribution in [3.8, 4) is 0 Å². The summed E-state index contributed by atoms with van der Waals surface area (Å²) < 4.78 is 32.1. The van der Waals surface area contributed by atoms with E-state index in [4.69, 9.17) is 4.74 Å². The smallest absolute Gasteiger partial charge is 0.227 e. The first-order valence-electron chi connectivity index (χ1n) is 7.08. The van der Waals surface area contributed by atoms with E-state index in [0.29, 0.717) is 5.56 Å². The van der Waals surface area contributed by atoms with Crippen molar-refractivity contribution in [3.05, 3.63) is 71.3 Å². The van der Waals surface area contributed by atoms with Crippen LogP contribution in [0.4, 0.5) is 8.78 Å². The number of hydrogen-bond donors (Lipinski definition) is 1. The van der Waals surface area contributed by atoms with Crippen LogP contribution in [0.5, 0.6) is 0 Å². The lowest BCUT2D eigenvalue weighted by atomic mass is 9.92. The van der Waals surface area contributed by atoms with Gasteiger partial charge in [0.25, 0.3) is 0 Å². The van der Waals surface area contributed by atoms with Crippen LogP contribution in [0.2, 0.25) is 0 Å². The van der Waals surface area contributed by atoms with Gasteiger partial charge in [-0.1, -0.05) is 36.4 Å². The fraction of sp³-hybridized carbons (Fsp3) is 0.176. The van der Waals surface area contributed by atoms with Crippen LogP contribution in [-0.2, 0) is 15.3 Å². The molecule has 0 amide bonds. The first kappa shape index (κ1) is 16.1. The Labute approximate surface area is 135 Å². The number of aliphatic carboxylic acids is 1. The fourth-order valence-corrected chi connectivity index (χ4v) is 2.57. The monoisotopic (exact) mass is 332 g/mol. The van der Waals surface area contributed by atoms with E-state index in [1.165, 1.54) is 6.07 Å². The molecule has 0 radical (unpaired) electrons. The van der Waals surface area contributed by atoms with Crippen LogP contribution in [0, 0.1) is 11.6 Å². The Bertz CT molecular complexity index is 809. The first-order chi connectivity index (χ1) is 11.4. The highest BCUT2D eigenvalue weighted by atomic mass is 19.2. The highest BCUT2D eigenvalue weighted by Gasteiger charge is 2.47. The number of ether oxygens (including phenoxy) is 1. The Morgan fingerprint density at radius 3 is 2.54 bits per heavy atom. The third kappa shape index (κ3) is 2.85. The van der Waals surface area contributed by atoms with Gasteiger partial charge < -0.3 is 19.7 Å². The summed E-state index contributed by atoms with van der Waals surface area (Å²) in [6.45, 7) is 0. The molecule has 1 aliphatic heterocycles. The number of aliphatic imine (C=N–C) groups is 1. The van der Waals surface area contributed by atoms with Gasteiger partial charge in [0.1, 0.15) is 0 Å². The van der Waals surface area contributed by atoms with Gasteiger partial charge in [0.15, 0.2) is 23.6 Å². The van der Waals surface area contributed by atoms with E-state index >= 15 is 0 Å². The van der Waals surface area contributed by atoms with Gasteiger partial charge in [-0.25, -0.2) is 13.8 Å². The Balaban J connectivity index is 2.06. The normalized spacial score (nSPS) is 22.8. The SMILES string of the molecule is O=C([O-])CC1=NC(O)(c2ccccc2)C(c2ccc(F)c(F)c2)O1. The average molecular weight is 332 g/mol. The lowest BCUT2D eigenvalue weighted by Gasteiger charge is -2.27. The van der Waals surface area contributed by atoms with Gasteiger partial charge in [-0.15, -0.1) is 0 Å². The number of aliphatic hydroxyl groups is 1. The molecule has 0 aromatic heterocycles. The molecule has 0 aliphatic carbocycles. The van der Waals surface area contributed by atoms with Crippen molar-refractivity contribution in [2.24, 2.45) is 4.99 Å². The minimum Gasteiger partial charge on any atom is -0.550 e. The number of nitrogens with zero attached hydrogens (tertiary/aromatic N) is 1. The van der Waals surface area contributed by atoms with Gasteiger partial charge >= 0.3 is 0 Å². The molecule has 0 bridgehead atoms. The van der Waals surface area contributed by atoms with Crippen LogP contribution in [0.25, 0.3) is 0 Å². The molecule has 1 heterocycles. The summed E-state index contributed by atoms with van der Waals surface area (Å²) in [5.74, 6) is -3.85. The molecule has 0 spiro atoms. The zero-order valence-electron chi connectivity index (χ0n) is 12.3. The zero-order chi connectivity index (χ0) is 17.3. The van der Waals surface area contributed by atoms with Crippen molar-refractivity contribution < 1.29 is 28.5 Å². The number of hydrogen-bond acceptors (Lipinski definition) is 5. The predicted molar refractivity (Wildman–Crippen MR) is 77.6 cm³/mol. The molecule has 1 aliphatic rings. The van der Waals surface area contributed by atoms with Crippen LogP contribution in [-0.4, -0.2) is 17.0 Å². The number of carboxylic acids is 1. The molecule has 0 fully saturated rings. The fourth-order valence-electron chi connectivity index (χ4n) is 2.57. The second-order valence-electron chi connectivity index (χ2n) is 5.32. The number of carbonyl (C=O) groups excluding carboxylic acids is 1. The molecule has 2 unspecified atom stereocenters. The molecule has 7 heteroatoms. The Hall–Kier alpha value is -2.80. The summed E-state index contributed by atoms with van der Waals surface area (Å²) in [7, 11) is 0. The third-order valence-corrected chi connectivity index (χ3v) is 3.66. The molecule has 0 saturated heterocycles. The van der Waals surface area contributed by atoms with Gasteiger partial charge in [-0.3, -0.25) is 0 Å². The van der Waals surface area contributed by atoms with Gasteiger partial charge in [-0.05, 0) is 12.1 Å². The van der Waals surface area contributed by atoms with Crippen LogP contribution in [0.15, 0.2) is 53.5 Å². The molecule has 2 atom stereocenters. The Kier molecular flexibility index (Phi) is 4.02. The zero-order valence-corrected chi connectivity index (χ0v) is 12.3. The standard InChI is InChI=1S/C17H13F2NO4/c18-12-7-6-10(8-13(12)19)16-17(23,11-4-2-1-3-5-11)20-14(24-16)9-15(21)22/h1-8,16,23H,9H2,(H,21,22)/p-1. The number of carbonyl (C=O) groups is 1. The largest absolute Gasteiger partial charge is 0.550 e. The van der Waals surface area contributed by atoms with Gasteiger partial charge in [-0.2, -0.15) is 0 Å². The average Bonchev–Trinajstić information content (AvgIpc) is 2.88. The summed E-state index contributed by atoms with van der Waals surface area (Å²) >= 11 is 0. The molecule has 2 aromatic rings. The van der Waals surface area contributed by atoms with E-state index in [2.05, 4.69) is 4.99 Å².